The highest BCUT2D eigenvalue weighted by Gasteiger charge is 2.38. The van der Waals surface area contributed by atoms with Gasteiger partial charge in [0.05, 0.1) is 0 Å². The second-order valence-corrected chi connectivity index (χ2v) is 6.34. The number of hydrogen-bond acceptors (Lipinski definition) is 5. The van der Waals surface area contributed by atoms with Gasteiger partial charge in [0, 0.05) is 19.4 Å². The number of nitrogens with one attached hydrogen (secondary N) is 1. The molecule has 0 radical (unpaired) electrons. The zero-order valence-electron chi connectivity index (χ0n) is 13.0. The van der Waals surface area contributed by atoms with Gasteiger partial charge in [-0.15, -0.1) is 10.2 Å². The standard InChI is InChI=1S/C15H14F3N5OS/c16-15(17,18)13-20-21-14-23(13)22-12(25-14)8-9-19-11(24)7-6-10-4-2-1-3-5-10/h1-5H,6-9H2,(H,19,24). The van der Waals surface area contributed by atoms with Gasteiger partial charge in [-0.2, -0.15) is 22.8 Å². The highest BCUT2D eigenvalue weighted by Crippen LogP contribution is 2.28. The SMILES string of the molecule is O=C(CCc1ccccc1)NCCc1nn2c(C(F)(F)F)nnc2s1. The maximum Gasteiger partial charge on any atom is 0.453 e. The Morgan fingerprint density at radius 1 is 1.16 bits per heavy atom. The van der Waals surface area contributed by atoms with E-state index in [4.69, 9.17) is 0 Å². The molecular formula is C15H14F3N5OS. The van der Waals surface area contributed by atoms with Gasteiger partial charge in [-0.3, -0.25) is 4.79 Å². The number of aryl methyl sites for hydroxylation is 1. The van der Waals surface area contributed by atoms with Gasteiger partial charge in [0.25, 0.3) is 5.82 Å². The molecule has 0 saturated carbocycles. The monoisotopic (exact) mass is 369 g/mol. The Kier molecular flexibility index (Phi) is 4.98. The molecule has 3 rings (SSSR count). The number of carbonyl (C=O) groups excluding carboxylic acids is 1. The van der Waals surface area contributed by atoms with Crippen LogP contribution in [-0.4, -0.2) is 32.3 Å². The molecule has 10 heteroatoms. The van der Waals surface area contributed by atoms with E-state index in [1.54, 1.807) is 0 Å². The maximum atomic E-state index is 12.7. The number of amides is 1. The lowest BCUT2D eigenvalue weighted by Crippen LogP contribution is -2.25. The molecule has 0 bridgehead atoms. The predicted molar refractivity (Wildman–Crippen MR) is 85.1 cm³/mol. The van der Waals surface area contributed by atoms with Gasteiger partial charge in [-0.25, -0.2) is 0 Å². The summed E-state index contributed by atoms with van der Waals surface area (Å²) in [5.41, 5.74) is 1.07. The van der Waals surface area contributed by atoms with E-state index in [9.17, 15) is 18.0 Å². The Balaban J connectivity index is 1.49. The molecule has 0 unspecified atom stereocenters. The highest BCUT2D eigenvalue weighted by molar-refractivity contribution is 7.16. The highest BCUT2D eigenvalue weighted by atomic mass is 32.1. The summed E-state index contributed by atoms with van der Waals surface area (Å²) in [6.07, 6.45) is -3.27. The molecule has 0 aliphatic carbocycles. The summed E-state index contributed by atoms with van der Waals surface area (Å²) < 4.78 is 38.9. The molecule has 2 heterocycles. The van der Waals surface area contributed by atoms with Crippen LogP contribution in [0.1, 0.15) is 22.8 Å². The molecule has 0 saturated heterocycles. The molecule has 1 aromatic carbocycles. The second-order valence-electron chi connectivity index (χ2n) is 5.30. The van der Waals surface area contributed by atoms with E-state index in [1.807, 2.05) is 30.3 Å². The van der Waals surface area contributed by atoms with Crippen LogP contribution in [0.5, 0.6) is 0 Å². The van der Waals surface area contributed by atoms with Crippen molar-refractivity contribution in [2.45, 2.75) is 25.4 Å². The maximum absolute atomic E-state index is 12.7. The minimum atomic E-state index is -4.60. The van der Waals surface area contributed by atoms with E-state index in [-0.39, 0.29) is 10.9 Å². The third kappa shape index (κ3) is 4.32. The molecule has 0 aliphatic rings. The van der Waals surface area contributed by atoms with Gasteiger partial charge in [-0.1, -0.05) is 41.7 Å². The van der Waals surface area contributed by atoms with Gasteiger partial charge in [-0.05, 0) is 12.0 Å². The molecule has 2 aromatic heterocycles. The van der Waals surface area contributed by atoms with E-state index in [2.05, 4.69) is 20.6 Å². The van der Waals surface area contributed by atoms with Crippen molar-refractivity contribution < 1.29 is 18.0 Å². The predicted octanol–water partition coefficient (Wildman–Crippen LogP) is 2.50. The fourth-order valence-electron chi connectivity index (χ4n) is 2.23. The van der Waals surface area contributed by atoms with Crippen molar-refractivity contribution >= 4 is 22.2 Å². The Labute approximate surface area is 144 Å². The molecular weight excluding hydrogens is 355 g/mol. The van der Waals surface area contributed by atoms with Crippen LogP contribution in [0.15, 0.2) is 30.3 Å². The number of nitrogens with zero attached hydrogens (tertiary/aromatic N) is 4. The summed E-state index contributed by atoms with van der Waals surface area (Å²) in [5, 5.41) is 13.6. The molecule has 6 nitrogen and oxygen atoms in total. The van der Waals surface area contributed by atoms with Crippen LogP contribution in [0.2, 0.25) is 0 Å². The largest absolute Gasteiger partial charge is 0.453 e. The summed E-state index contributed by atoms with van der Waals surface area (Å²) in [6.45, 7) is 0.305. The minimum Gasteiger partial charge on any atom is -0.356 e. The zero-order valence-corrected chi connectivity index (χ0v) is 13.8. The van der Waals surface area contributed by atoms with Crippen molar-refractivity contribution in [1.82, 2.24) is 25.1 Å². The number of benzene rings is 1. The topological polar surface area (TPSA) is 72.2 Å². The smallest absolute Gasteiger partial charge is 0.356 e. The Bertz CT molecular complexity index is 859. The van der Waals surface area contributed by atoms with E-state index >= 15 is 0 Å². The second kappa shape index (κ2) is 7.18. The van der Waals surface area contributed by atoms with Gasteiger partial charge in [0.2, 0.25) is 10.9 Å². The fourth-order valence-corrected chi connectivity index (χ4v) is 3.07. The van der Waals surface area contributed by atoms with Crippen LogP contribution in [0.25, 0.3) is 4.96 Å². The van der Waals surface area contributed by atoms with E-state index in [0.717, 1.165) is 16.9 Å². The molecule has 25 heavy (non-hydrogen) atoms. The van der Waals surface area contributed by atoms with Crippen LogP contribution < -0.4 is 5.32 Å². The summed E-state index contributed by atoms with van der Waals surface area (Å²) in [5.74, 6) is -1.25. The normalized spacial score (nSPS) is 11.8. The summed E-state index contributed by atoms with van der Waals surface area (Å²) in [4.78, 5) is 11.9. The van der Waals surface area contributed by atoms with Crippen molar-refractivity contribution in [1.29, 1.82) is 0 Å². The first-order valence-corrected chi connectivity index (χ1v) is 8.34. The number of carbonyl (C=O) groups is 1. The van der Waals surface area contributed by atoms with Crippen molar-refractivity contribution in [2.24, 2.45) is 0 Å². The zero-order chi connectivity index (χ0) is 17.9. The first-order valence-electron chi connectivity index (χ1n) is 7.52. The summed E-state index contributed by atoms with van der Waals surface area (Å²) >= 11 is 1.02. The molecule has 0 fully saturated rings. The van der Waals surface area contributed by atoms with Crippen molar-refractivity contribution in [2.75, 3.05) is 6.54 Å². The minimum absolute atomic E-state index is 0.0812. The van der Waals surface area contributed by atoms with E-state index in [1.165, 1.54) is 0 Å². The quantitative estimate of drug-likeness (QED) is 0.725. The first-order chi connectivity index (χ1) is 11.9. The molecule has 3 aromatic rings. The Morgan fingerprint density at radius 2 is 1.92 bits per heavy atom. The lowest BCUT2D eigenvalue weighted by Gasteiger charge is -2.04. The van der Waals surface area contributed by atoms with E-state index < -0.39 is 12.0 Å². The molecule has 132 valence electrons. The van der Waals surface area contributed by atoms with Gasteiger partial charge < -0.3 is 5.32 Å². The summed E-state index contributed by atoms with van der Waals surface area (Å²) in [7, 11) is 0. The van der Waals surface area contributed by atoms with E-state index in [0.29, 0.717) is 35.3 Å². The molecule has 0 spiro atoms. The van der Waals surface area contributed by atoms with Crippen LogP contribution in [-0.2, 0) is 23.8 Å². The number of hydrogen-bond donors (Lipinski definition) is 1. The lowest BCUT2D eigenvalue weighted by molar-refractivity contribution is -0.146. The van der Waals surface area contributed by atoms with Crippen LogP contribution in [0.4, 0.5) is 13.2 Å². The fraction of sp³-hybridized carbons (Fsp3) is 0.333. The third-order valence-electron chi connectivity index (χ3n) is 3.43. The van der Waals surface area contributed by atoms with Crippen molar-refractivity contribution in [3.05, 3.63) is 46.7 Å². The van der Waals surface area contributed by atoms with Crippen LogP contribution >= 0.6 is 11.3 Å². The number of fused-ring (bicyclic) bond motifs is 1. The Morgan fingerprint density at radius 3 is 2.64 bits per heavy atom. The Hall–Kier alpha value is -2.49. The third-order valence-corrected chi connectivity index (χ3v) is 4.39. The van der Waals surface area contributed by atoms with Gasteiger partial charge in [0.15, 0.2) is 0 Å². The van der Waals surface area contributed by atoms with Crippen LogP contribution in [0, 0.1) is 0 Å². The number of aromatic nitrogens is 4. The van der Waals surface area contributed by atoms with Gasteiger partial charge in [0.1, 0.15) is 5.01 Å². The number of rotatable bonds is 6. The molecule has 0 aliphatic heterocycles. The number of alkyl halides is 3. The lowest BCUT2D eigenvalue weighted by atomic mass is 10.1. The summed E-state index contributed by atoms with van der Waals surface area (Å²) in [6, 6.07) is 9.64. The average molecular weight is 369 g/mol. The van der Waals surface area contributed by atoms with Crippen molar-refractivity contribution in [3.8, 4) is 0 Å². The molecule has 0 atom stereocenters. The first kappa shape index (κ1) is 17.3. The van der Waals surface area contributed by atoms with Gasteiger partial charge >= 0.3 is 6.18 Å². The number of halogens is 3. The molecule has 1 amide bonds. The molecule has 1 N–H and O–H groups in total. The van der Waals surface area contributed by atoms with Crippen LogP contribution in [0.3, 0.4) is 0 Å². The van der Waals surface area contributed by atoms with Crippen molar-refractivity contribution in [3.63, 3.8) is 0 Å². The average Bonchev–Trinajstić information content (AvgIpc) is 3.13.